The number of nitrogen functional groups attached to an aromatic ring is 1. The Balaban J connectivity index is 2.05. The van der Waals surface area contributed by atoms with Crippen LogP contribution in [-0.4, -0.2) is 35.0 Å². The van der Waals surface area contributed by atoms with E-state index in [1.54, 1.807) is 0 Å². The Bertz CT molecular complexity index is 433. The summed E-state index contributed by atoms with van der Waals surface area (Å²) in [5.74, 6) is 0.140. The number of nitrogens with two attached hydrogens (primary N) is 1. The van der Waals surface area contributed by atoms with Gasteiger partial charge in [0, 0.05) is 24.8 Å². The van der Waals surface area contributed by atoms with Gasteiger partial charge in [0.15, 0.2) is 0 Å². The zero-order valence-corrected chi connectivity index (χ0v) is 11.3. The number of hydrogen-bond donors (Lipinski definition) is 3. The molecule has 104 valence electrons. The lowest BCUT2D eigenvalue weighted by molar-refractivity contribution is 0.210. The summed E-state index contributed by atoms with van der Waals surface area (Å²) in [7, 11) is 0. The van der Waals surface area contributed by atoms with Gasteiger partial charge in [0.05, 0.1) is 0 Å². The number of benzene rings is 1. The minimum absolute atomic E-state index is 0.140. The maximum Gasteiger partial charge on any atom is 0.123 e. The predicted octanol–water partition coefficient (Wildman–Crippen LogP) is 1.71. The Morgan fingerprint density at radius 3 is 2.95 bits per heavy atom. The summed E-state index contributed by atoms with van der Waals surface area (Å²) in [4.78, 5) is 2.46. The molecule has 4 heteroatoms. The molecular formula is C15H23N3O. The van der Waals surface area contributed by atoms with Crippen molar-refractivity contribution in [1.82, 2.24) is 4.90 Å². The van der Waals surface area contributed by atoms with E-state index in [-0.39, 0.29) is 12.4 Å². The average molecular weight is 261 g/mol. The molecule has 4 nitrogen and oxygen atoms in total. The van der Waals surface area contributed by atoms with E-state index in [2.05, 4.69) is 11.0 Å². The fourth-order valence-corrected chi connectivity index (χ4v) is 2.90. The molecule has 0 spiro atoms. The fraction of sp³-hybridized carbons (Fsp3) is 0.533. The average Bonchev–Trinajstić information content (AvgIpc) is 2.84. The van der Waals surface area contributed by atoms with Gasteiger partial charge in [-0.2, -0.15) is 0 Å². The van der Waals surface area contributed by atoms with Gasteiger partial charge in [0.25, 0.3) is 0 Å². The predicted molar refractivity (Wildman–Crippen MR) is 77.2 cm³/mol. The van der Waals surface area contributed by atoms with Crippen molar-refractivity contribution in [3.8, 4) is 0 Å². The molecule has 1 saturated heterocycles. The van der Waals surface area contributed by atoms with Gasteiger partial charge in [-0.15, -0.1) is 0 Å². The fourth-order valence-electron chi connectivity index (χ4n) is 2.90. The van der Waals surface area contributed by atoms with Gasteiger partial charge in [-0.1, -0.05) is 24.3 Å². The van der Waals surface area contributed by atoms with Crippen LogP contribution in [0.25, 0.3) is 0 Å². The molecule has 0 bridgehead atoms. The van der Waals surface area contributed by atoms with Crippen molar-refractivity contribution in [1.29, 1.82) is 5.41 Å². The molecule has 1 aliphatic heterocycles. The van der Waals surface area contributed by atoms with Crippen LogP contribution < -0.4 is 5.73 Å². The lowest BCUT2D eigenvalue weighted by Gasteiger charge is -2.25. The Morgan fingerprint density at radius 1 is 1.42 bits per heavy atom. The first-order valence-corrected chi connectivity index (χ1v) is 6.99. The van der Waals surface area contributed by atoms with Gasteiger partial charge >= 0.3 is 0 Å². The molecule has 1 aromatic rings. The molecule has 1 heterocycles. The van der Waals surface area contributed by atoms with Crippen molar-refractivity contribution >= 4 is 5.84 Å². The van der Waals surface area contributed by atoms with Crippen LogP contribution >= 0.6 is 0 Å². The third-order valence-corrected chi connectivity index (χ3v) is 3.88. The zero-order chi connectivity index (χ0) is 13.7. The Hall–Kier alpha value is -1.39. The Labute approximate surface area is 114 Å². The zero-order valence-electron chi connectivity index (χ0n) is 11.3. The molecule has 1 atom stereocenters. The highest BCUT2D eigenvalue weighted by molar-refractivity contribution is 5.96. The lowest BCUT2D eigenvalue weighted by Crippen LogP contribution is -2.30. The molecule has 0 amide bonds. The first kappa shape index (κ1) is 14.0. The summed E-state index contributed by atoms with van der Waals surface area (Å²) in [5.41, 5.74) is 7.61. The summed E-state index contributed by atoms with van der Waals surface area (Å²) in [6, 6.07) is 8.45. The van der Waals surface area contributed by atoms with Gasteiger partial charge < -0.3 is 10.8 Å². The second kappa shape index (κ2) is 6.68. The largest absolute Gasteiger partial charge is 0.396 e. The monoisotopic (exact) mass is 261 g/mol. The minimum atomic E-state index is 0.140. The van der Waals surface area contributed by atoms with Crippen LogP contribution in [0.5, 0.6) is 0 Å². The number of amidine groups is 1. The van der Waals surface area contributed by atoms with E-state index in [1.807, 2.05) is 18.2 Å². The van der Waals surface area contributed by atoms with Crippen LogP contribution in [0.4, 0.5) is 0 Å². The van der Waals surface area contributed by atoms with Crippen molar-refractivity contribution in [2.24, 2.45) is 5.73 Å². The Morgan fingerprint density at radius 2 is 2.21 bits per heavy atom. The molecule has 0 aliphatic carbocycles. The smallest absolute Gasteiger partial charge is 0.123 e. The van der Waals surface area contributed by atoms with Crippen molar-refractivity contribution in [3.63, 3.8) is 0 Å². The molecule has 0 radical (unpaired) electrons. The highest BCUT2D eigenvalue weighted by Crippen LogP contribution is 2.24. The van der Waals surface area contributed by atoms with Crippen LogP contribution in [-0.2, 0) is 6.54 Å². The van der Waals surface area contributed by atoms with E-state index in [0.717, 1.165) is 37.1 Å². The van der Waals surface area contributed by atoms with Gasteiger partial charge in [-0.25, -0.2) is 0 Å². The number of rotatable bonds is 6. The molecule has 1 aliphatic rings. The van der Waals surface area contributed by atoms with Gasteiger partial charge in [0.1, 0.15) is 5.84 Å². The highest BCUT2D eigenvalue weighted by atomic mass is 16.2. The van der Waals surface area contributed by atoms with Crippen molar-refractivity contribution in [2.75, 3.05) is 13.2 Å². The maximum absolute atomic E-state index is 8.96. The number of nitrogens with zero attached hydrogens (tertiary/aromatic N) is 1. The number of aliphatic hydroxyl groups is 1. The topological polar surface area (TPSA) is 73.3 Å². The van der Waals surface area contributed by atoms with E-state index in [1.165, 1.54) is 12.8 Å². The first-order valence-electron chi connectivity index (χ1n) is 6.99. The van der Waals surface area contributed by atoms with E-state index >= 15 is 0 Å². The molecule has 1 unspecified atom stereocenters. The van der Waals surface area contributed by atoms with Crippen LogP contribution in [0.3, 0.4) is 0 Å². The molecule has 0 saturated carbocycles. The highest BCUT2D eigenvalue weighted by Gasteiger charge is 2.24. The molecular weight excluding hydrogens is 238 g/mol. The number of hydrogen-bond acceptors (Lipinski definition) is 3. The van der Waals surface area contributed by atoms with E-state index in [0.29, 0.717) is 6.04 Å². The number of aliphatic hydroxyl groups excluding tert-OH is 1. The van der Waals surface area contributed by atoms with Crippen molar-refractivity contribution in [2.45, 2.75) is 38.3 Å². The summed E-state index contributed by atoms with van der Waals surface area (Å²) in [6.07, 6.45) is 4.36. The third kappa shape index (κ3) is 3.55. The molecule has 4 N–H and O–H groups in total. The summed E-state index contributed by atoms with van der Waals surface area (Å²) in [5, 5.41) is 16.6. The van der Waals surface area contributed by atoms with Crippen LogP contribution in [0, 0.1) is 5.41 Å². The SMILES string of the molecule is N=C(N)c1ccccc1CN1CCCC1CCCO. The second-order valence-electron chi connectivity index (χ2n) is 5.20. The van der Waals surface area contributed by atoms with Gasteiger partial charge in [-0.3, -0.25) is 10.3 Å². The molecule has 1 fully saturated rings. The standard InChI is InChI=1S/C15H23N3O/c16-15(17)14-8-2-1-5-12(14)11-18-9-3-6-13(18)7-4-10-19/h1-2,5,8,13,19H,3-4,6-7,9-11H2,(H3,16,17). The van der Waals surface area contributed by atoms with E-state index in [4.69, 9.17) is 16.2 Å². The Kier molecular flexibility index (Phi) is 4.93. The molecule has 0 aromatic heterocycles. The summed E-state index contributed by atoms with van der Waals surface area (Å²) in [6.45, 7) is 2.22. The summed E-state index contributed by atoms with van der Waals surface area (Å²) >= 11 is 0. The molecule has 19 heavy (non-hydrogen) atoms. The third-order valence-electron chi connectivity index (χ3n) is 3.88. The van der Waals surface area contributed by atoms with Gasteiger partial charge in [-0.05, 0) is 37.8 Å². The van der Waals surface area contributed by atoms with Crippen LogP contribution in [0.15, 0.2) is 24.3 Å². The van der Waals surface area contributed by atoms with Crippen LogP contribution in [0.2, 0.25) is 0 Å². The lowest BCUT2D eigenvalue weighted by atomic mass is 10.0. The van der Waals surface area contributed by atoms with Gasteiger partial charge in [0.2, 0.25) is 0 Å². The van der Waals surface area contributed by atoms with Crippen molar-refractivity contribution < 1.29 is 5.11 Å². The maximum atomic E-state index is 8.96. The van der Waals surface area contributed by atoms with E-state index in [9.17, 15) is 0 Å². The molecule has 1 aromatic carbocycles. The first-order chi connectivity index (χ1) is 9.22. The second-order valence-corrected chi connectivity index (χ2v) is 5.20. The number of likely N-dealkylation sites (tertiary alicyclic amines) is 1. The number of nitrogens with one attached hydrogen (secondary N) is 1. The normalized spacial score (nSPS) is 19.7. The quantitative estimate of drug-likeness (QED) is 0.539. The minimum Gasteiger partial charge on any atom is -0.396 e. The van der Waals surface area contributed by atoms with Crippen LogP contribution in [0.1, 0.15) is 36.8 Å². The van der Waals surface area contributed by atoms with E-state index < -0.39 is 0 Å². The molecule has 2 rings (SSSR count). The summed E-state index contributed by atoms with van der Waals surface area (Å²) < 4.78 is 0. The van der Waals surface area contributed by atoms with Crippen molar-refractivity contribution in [3.05, 3.63) is 35.4 Å².